The van der Waals surface area contributed by atoms with E-state index in [0.717, 1.165) is 11.1 Å². The van der Waals surface area contributed by atoms with E-state index >= 15 is 0 Å². The van der Waals surface area contributed by atoms with Crippen LogP contribution >= 0.6 is 24.0 Å². The van der Waals surface area contributed by atoms with E-state index in [1.807, 2.05) is 53.4 Å². The summed E-state index contributed by atoms with van der Waals surface area (Å²) in [7, 11) is 3.22. The number of aliphatic hydroxyl groups is 1. The lowest BCUT2D eigenvalue weighted by atomic mass is 10.0. The second-order valence-corrected chi connectivity index (χ2v) is 7.12. The topological polar surface area (TPSA) is 41.9 Å². The summed E-state index contributed by atoms with van der Waals surface area (Å²) in [4.78, 5) is 1.86. The molecule has 0 bridgehead atoms. The Labute approximate surface area is 151 Å². The van der Waals surface area contributed by atoms with Crippen LogP contribution in [0.2, 0.25) is 0 Å². The van der Waals surface area contributed by atoms with Crippen LogP contribution in [0.5, 0.6) is 11.5 Å². The van der Waals surface area contributed by atoms with Crippen LogP contribution in [0, 0.1) is 0 Å². The molecule has 1 aliphatic rings. The van der Waals surface area contributed by atoms with Crippen LogP contribution < -0.4 is 9.47 Å². The number of rotatable bonds is 5. The molecule has 1 unspecified atom stereocenters. The molecule has 24 heavy (non-hydrogen) atoms. The van der Waals surface area contributed by atoms with E-state index in [1.54, 1.807) is 14.2 Å². The first-order valence-electron chi connectivity index (χ1n) is 7.51. The average molecular weight is 361 g/mol. The minimum atomic E-state index is -1.10. The molecule has 0 aliphatic carbocycles. The summed E-state index contributed by atoms with van der Waals surface area (Å²) in [6.45, 7) is 0.498. The lowest BCUT2D eigenvalue weighted by molar-refractivity contribution is -0.0508. The van der Waals surface area contributed by atoms with Gasteiger partial charge in [-0.05, 0) is 17.7 Å². The number of benzene rings is 2. The van der Waals surface area contributed by atoms with Gasteiger partial charge in [0.05, 0.1) is 20.0 Å². The Morgan fingerprint density at radius 1 is 1.12 bits per heavy atom. The van der Waals surface area contributed by atoms with E-state index in [1.165, 1.54) is 11.8 Å². The number of nitrogens with zero attached hydrogens (tertiary/aromatic N) is 1. The molecule has 4 nitrogen and oxygen atoms in total. The first-order valence-corrected chi connectivity index (χ1v) is 8.91. The highest BCUT2D eigenvalue weighted by molar-refractivity contribution is 8.23. The third-order valence-corrected chi connectivity index (χ3v) is 5.68. The molecule has 3 rings (SSSR count). The summed E-state index contributed by atoms with van der Waals surface area (Å²) in [6.07, 6.45) is 0. The van der Waals surface area contributed by atoms with Gasteiger partial charge in [-0.2, -0.15) is 0 Å². The standard InChI is InChI=1S/C18H19NO3S2/c1-21-15-9-8-13(10-16(15)22-2)11-19-17(23)24-12-18(19,20)14-6-4-3-5-7-14/h3-10,20H,11-12H2,1-2H3. The molecular formula is C18H19NO3S2. The van der Waals surface area contributed by atoms with Crippen molar-refractivity contribution >= 4 is 28.3 Å². The number of thioether (sulfide) groups is 1. The molecule has 2 aromatic carbocycles. The number of thiocarbonyl (C=S) groups is 1. The van der Waals surface area contributed by atoms with Crippen molar-refractivity contribution < 1.29 is 14.6 Å². The molecule has 0 aromatic heterocycles. The van der Waals surface area contributed by atoms with Gasteiger partial charge >= 0.3 is 0 Å². The van der Waals surface area contributed by atoms with Crippen molar-refractivity contribution in [2.24, 2.45) is 0 Å². The zero-order valence-electron chi connectivity index (χ0n) is 13.6. The van der Waals surface area contributed by atoms with Gasteiger partial charge in [0.15, 0.2) is 17.2 Å². The molecule has 1 N–H and O–H groups in total. The molecule has 1 atom stereocenters. The third-order valence-electron chi connectivity index (χ3n) is 4.09. The second-order valence-electron chi connectivity index (χ2n) is 5.51. The van der Waals surface area contributed by atoms with Gasteiger partial charge in [-0.25, -0.2) is 0 Å². The maximum atomic E-state index is 11.2. The van der Waals surface area contributed by atoms with Gasteiger partial charge in [-0.15, -0.1) is 0 Å². The van der Waals surface area contributed by atoms with Crippen molar-refractivity contribution in [1.29, 1.82) is 0 Å². The van der Waals surface area contributed by atoms with Crippen molar-refractivity contribution in [2.45, 2.75) is 12.3 Å². The molecule has 0 spiro atoms. The molecule has 6 heteroatoms. The fourth-order valence-electron chi connectivity index (χ4n) is 2.77. The zero-order valence-corrected chi connectivity index (χ0v) is 15.2. The van der Waals surface area contributed by atoms with Crippen LogP contribution in [0.15, 0.2) is 48.5 Å². The van der Waals surface area contributed by atoms with E-state index in [9.17, 15) is 5.11 Å². The zero-order chi connectivity index (χ0) is 17.2. The molecule has 0 saturated carbocycles. The SMILES string of the molecule is COc1ccc(CN2C(=S)SCC2(O)c2ccccc2)cc1OC. The van der Waals surface area contributed by atoms with E-state index in [0.29, 0.717) is 28.1 Å². The maximum absolute atomic E-state index is 11.2. The van der Waals surface area contributed by atoms with Gasteiger partial charge in [0, 0.05) is 12.1 Å². The summed E-state index contributed by atoms with van der Waals surface area (Å²) in [5.74, 6) is 1.86. The van der Waals surface area contributed by atoms with Crippen LogP contribution in [0.3, 0.4) is 0 Å². The summed E-state index contributed by atoms with van der Waals surface area (Å²) in [5, 5.41) is 11.2. The minimum Gasteiger partial charge on any atom is -0.493 e. The first-order chi connectivity index (χ1) is 11.6. The first kappa shape index (κ1) is 17.1. The highest BCUT2D eigenvalue weighted by Gasteiger charge is 2.43. The van der Waals surface area contributed by atoms with Gasteiger partial charge in [-0.1, -0.05) is 60.4 Å². The highest BCUT2D eigenvalue weighted by Crippen LogP contribution is 2.40. The Bertz CT molecular complexity index is 738. The van der Waals surface area contributed by atoms with Crippen molar-refractivity contribution in [3.8, 4) is 11.5 Å². The fraction of sp³-hybridized carbons (Fsp3) is 0.278. The molecule has 0 radical (unpaired) electrons. The normalized spacial score (nSPS) is 20.3. The van der Waals surface area contributed by atoms with Gasteiger partial charge in [0.2, 0.25) is 0 Å². The molecular weight excluding hydrogens is 342 g/mol. The molecule has 1 aliphatic heterocycles. The smallest absolute Gasteiger partial charge is 0.175 e. The minimum absolute atomic E-state index is 0.498. The maximum Gasteiger partial charge on any atom is 0.175 e. The van der Waals surface area contributed by atoms with Gasteiger partial charge in [-0.3, -0.25) is 0 Å². The van der Waals surface area contributed by atoms with Crippen molar-refractivity contribution in [2.75, 3.05) is 20.0 Å². The van der Waals surface area contributed by atoms with Crippen molar-refractivity contribution in [3.05, 3.63) is 59.7 Å². The van der Waals surface area contributed by atoms with Gasteiger partial charge in [0.25, 0.3) is 0 Å². The van der Waals surface area contributed by atoms with E-state index < -0.39 is 5.72 Å². The van der Waals surface area contributed by atoms with Crippen LogP contribution in [0.25, 0.3) is 0 Å². The summed E-state index contributed by atoms with van der Waals surface area (Å²) in [5.41, 5.74) is 0.737. The van der Waals surface area contributed by atoms with Crippen molar-refractivity contribution in [3.63, 3.8) is 0 Å². The predicted molar refractivity (Wildman–Crippen MR) is 100 cm³/mol. The Hall–Kier alpha value is -1.76. The quantitative estimate of drug-likeness (QED) is 0.824. The predicted octanol–water partition coefficient (Wildman–Crippen LogP) is 3.38. The largest absolute Gasteiger partial charge is 0.493 e. The van der Waals surface area contributed by atoms with Crippen LogP contribution in [0.4, 0.5) is 0 Å². The summed E-state index contributed by atoms with van der Waals surface area (Å²) >= 11 is 6.97. The van der Waals surface area contributed by atoms with Crippen LogP contribution in [0.1, 0.15) is 11.1 Å². The fourth-order valence-corrected chi connectivity index (χ4v) is 4.18. The average Bonchev–Trinajstić information content (AvgIpc) is 2.92. The Morgan fingerprint density at radius 3 is 2.50 bits per heavy atom. The van der Waals surface area contributed by atoms with E-state index in [2.05, 4.69) is 0 Å². The molecule has 2 aromatic rings. The van der Waals surface area contributed by atoms with Crippen LogP contribution in [-0.2, 0) is 12.3 Å². The lowest BCUT2D eigenvalue weighted by Gasteiger charge is -2.34. The van der Waals surface area contributed by atoms with E-state index in [4.69, 9.17) is 21.7 Å². The third kappa shape index (κ3) is 3.09. The number of hydrogen-bond donors (Lipinski definition) is 1. The molecule has 1 saturated heterocycles. The Morgan fingerprint density at radius 2 is 1.83 bits per heavy atom. The summed E-state index contributed by atoms with van der Waals surface area (Å²) in [6, 6.07) is 15.4. The Balaban J connectivity index is 1.91. The van der Waals surface area contributed by atoms with Gasteiger partial charge < -0.3 is 19.5 Å². The highest BCUT2D eigenvalue weighted by atomic mass is 32.2. The van der Waals surface area contributed by atoms with Gasteiger partial charge in [0.1, 0.15) is 4.32 Å². The lowest BCUT2D eigenvalue weighted by Crippen LogP contribution is -2.43. The molecule has 0 amide bonds. The second kappa shape index (κ2) is 7.01. The molecule has 126 valence electrons. The van der Waals surface area contributed by atoms with Crippen LogP contribution in [-0.4, -0.2) is 34.3 Å². The van der Waals surface area contributed by atoms with Crippen molar-refractivity contribution in [1.82, 2.24) is 4.90 Å². The molecule has 1 heterocycles. The number of ether oxygens (including phenoxy) is 2. The Kier molecular flexibility index (Phi) is 4.99. The summed E-state index contributed by atoms with van der Waals surface area (Å²) < 4.78 is 11.3. The monoisotopic (exact) mass is 361 g/mol. The van der Waals surface area contributed by atoms with E-state index in [-0.39, 0.29) is 0 Å². The number of methoxy groups -OCH3 is 2. The molecule has 1 fully saturated rings. The number of hydrogen-bond acceptors (Lipinski definition) is 5.